The van der Waals surface area contributed by atoms with E-state index in [1.165, 1.54) is 4.31 Å². The molecule has 0 saturated carbocycles. The Balaban J connectivity index is 1.29. The first-order valence-corrected chi connectivity index (χ1v) is 14.9. The molecule has 0 bridgehead atoms. The van der Waals surface area contributed by atoms with Gasteiger partial charge in [0.2, 0.25) is 10.0 Å². The smallest absolute Gasteiger partial charge is 0.255 e. The van der Waals surface area contributed by atoms with Gasteiger partial charge in [-0.25, -0.2) is 8.42 Å². The summed E-state index contributed by atoms with van der Waals surface area (Å²) in [7, 11) is -2.14. The Morgan fingerprint density at radius 2 is 1.59 bits per heavy atom. The molecule has 0 unspecified atom stereocenters. The summed E-state index contributed by atoms with van der Waals surface area (Å²) in [6.45, 7) is 2.94. The van der Waals surface area contributed by atoms with Gasteiger partial charge in [-0.3, -0.25) is 9.78 Å². The van der Waals surface area contributed by atoms with Crippen molar-refractivity contribution in [2.45, 2.75) is 11.8 Å². The highest BCUT2D eigenvalue weighted by Gasteiger charge is 2.33. The molecular formula is C32H30N4O4S. The minimum Gasteiger partial charge on any atom is -0.497 e. The van der Waals surface area contributed by atoms with Crippen molar-refractivity contribution in [1.29, 1.82) is 0 Å². The van der Waals surface area contributed by atoms with Gasteiger partial charge in [0.1, 0.15) is 10.6 Å². The predicted molar refractivity (Wildman–Crippen MR) is 159 cm³/mol. The van der Waals surface area contributed by atoms with Gasteiger partial charge in [-0.1, -0.05) is 48.5 Å². The molecule has 0 aliphatic carbocycles. The van der Waals surface area contributed by atoms with Crippen LogP contribution in [0.1, 0.15) is 16.1 Å². The molecule has 1 saturated heterocycles. The van der Waals surface area contributed by atoms with Crippen molar-refractivity contribution in [3.8, 4) is 22.7 Å². The minimum atomic E-state index is -3.77. The number of fused-ring (bicyclic) bond motifs is 1. The van der Waals surface area contributed by atoms with Crippen LogP contribution >= 0.6 is 0 Å². The van der Waals surface area contributed by atoms with Gasteiger partial charge >= 0.3 is 0 Å². The summed E-state index contributed by atoms with van der Waals surface area (Å²) in [5.74, 6) is 0.609. The maximum Gasteiger partial charge on any atom is 0.255 e. The number of carbonyl (C=O) groups excluding carboxylic acids is 1. The second kappa shape index (κ2) is 10.8. The highest BCUT2D eigenvalue weighted by molar-refractivity contribution is 7.89. The average Bonchev–Trinajstić information content (AvgIpc) is 3.37. The van der Waals surface area contributed by atoms with Crippen LogP contribution in [0, 0.1) is 6.92 Å². The number of para-hydroxylation sites is 2. The molecule has 8 nitrogen and oxygen atoms in total. The van der Waals surface area contributed by atoms with Crippen molar-refractivity contribution in [2.75, 3.05) is 33.3 Å². The minimum absolute atomic E-state index is 0.120. The van der Waals surface area contributed by atoms with E-state index >= 15 is 0 Å². The van der Waals surface area contributed by atoms with Crippen molar-refractivity contribution in [2.24, 2.45) is 0 Å². The fraction of sp³-hybridized carbons (Fsp3) is 0.188. The normalized spacial score (nSPS) is 14.3. The lowest BCUT2D eigenvalue weighted by atomic mass is 10.1. The van der Waals surface area contributed by atoms with Gasteiger partial charge in [0, 0.05) is 54.7 Å². The summed E-state index contributed by atoms with van der Waals surface area (Å²) in [6.07, 6.45) is 1.60. The molecule has 5 aromatic rings. The number of benzene rings is 3. The van der Waals surface area contributed by atoms with E-state index in [0.717, 1.165) is 33.8 Å². The zero-order valence-corrected chi connectivity index (χ0v) is 23.7. The van der Waals surface area contributed by atoms with E-state index in [1.54, 1.807) is 36.4 Å². The van der Waals surface area contributed by atoms with Gasteiger partial charge in [0.15, 0.2) is 0 Å². The standard InChI is InChI=1S/C32H30N4O4S/c1-23-28(22-29(25-10-6-14-27(21-25)40-2)36(23)26-12-4-3-5-13-26)32(37)34-17-19-35(20-18-34)41(38,39)30-15-7-9-24-11-8-16-33-31(24)30/h3-16,21-22H,17-20H2,1-2H3. The Morgan fingerprint density at radius 1 is 0.854 bits per heavy atom. The van der Waals surface area contributed by atoms with E-state index in [-0.39, 0.29) is 23.9 Å². The van der Waals surface area contributed by atoms with Gasteiger partial charge in [0.05, 0.1) is 23.9 Å². The zero-order valence-electron chi connectivity index (χ0n) is 22.9. The number of hydrogen-bond donors (Lipinski definition) is 0. The summed E-state index contributed by atoms with van der Waals surface area (Å²) in [5.41, 5.74) is 4.60. The van der Waals surface area contributed by atoms with E-state index in [2.05, 4.69) is 9.55 Å². The van der Waals surface area contributed by atoms with Gasteiger partial charge in [-0.15, -0.1) is 0 Å². The Kier molecular flexibility index (Phi) is 7.07. The molecule has 3 heterocycles. The number of sulfonamides is 1. The largest absolute Gasteiger partial charge is 0.497 e. The van der Waals surface area contributed by atoms with Crippen LogP contribution in [0.2, 0.25) is 0 Å². The Hall–Kier alpha value is -4.47. The van der Waals surface area contributed by atoms with Gasteiger partial charge in [-0.05, 0) is 49.4 Å². The molecule has 3 aromatic carbocycles. The summed E-state index contributed by atoms with van der Waals surface area (Å²) in [4.78, 5) is 20.1. The molecule has 208 valence electrons. The Bertz CT molecular complexity index is 1840. The third-order valence-corrected chi connectivity index (χ3v) is 9.53. The lowest BCUT2D eigenvalue weighted by molar-refractivity contribution is 0.0697. The summed E-state index contributed by atoms with van der Waals surface area (Å²) in [5, 5.41) is 0.771. The predicted octanol–water partition coefficient (Wildman–Crippen LogP) is 5.16. The van der Waals surface area contributed by atoms with E-state index < -0.39 is 10.0 Å². The van der Waals surface area contributed by atoms with Crippen LogP contribution in [0.15, 0.2) is 102 Å². The molecule has 6 rings (SSSR count). The second-order valence-corrected chi connectivity index (χ2v) is 11.9. The number of carbonyl (C=O) groups is 1. The molecule has 0 spiro atoms. The highest BCUT2D eigenvalue weighted by atomic mass is 32.2. The molecule has 1 fully saturated rings. The SMILES string of the molecule is COc1cccc(-c2cc(C(=O)N3CCN(S(=O)(=O)c4cccc5cccnc45)CC3)c(C)n2-c2ccccc2)c1. The van der Waals surface area contributed by atoms with Crippen LogP contribution in [0.3, 0.4) is 0 Å². The number of rotatable bonds is 6. The van der Waals surface area contributed by atoms with Crippen LogP contribution in [0.5, 0.6) is 5.75 Å². The fourth-order valence-corrected chi connectivity index (χ4v) is 7.04. The quantitative estimate of drug-likeness (QED) is 0.284. The number of nitrogens with zero attached hydrogens (tertiary/aromatic N) is 4. The maximum absolute atomic E-state index is 13.9. The zero-order chi connectivity index (χ0) is 28.6. The number of ether oxygens (including phenoxy) is 1. The first-order chi connectivity index (χ1) is 19.9. The lowest BCUT2D eigenvalue weighted by Crippen LogP contribution is -2.50. The molecule has 41 heavy (non-hydrogen) atoms. The monoisotopic (exact) mass is 566 g/mol. The lowest BCUT2D eigenvalue weighted by Gasteiger charge is -2.34. The molecular weight excluding hydrogens is 536 g/mol. The van der Waals surface area contributed by atoms with Crippen molar-refractivity contribution < 1.29 is 17.9 Å². The molecule has 0 radical (unpaired) electrons. The number of hydrogen-bond acceptors (Lipinski definition) is 5. The Morgan fingerprint density at radius 3 is 2.34 bits per heavy atom. The van der Waals surface area contributed by atoms with E-state index in [4.69, 9.17) is 4.74 Å². The summed E-state index contributed by atoms with van der Waals surface area (Å²) >= 11 is 0. The highest BCUT2D eigenvalue weighted by Crippen LogP contribution is 2.32. The molecule has 9 heteroatoms. The number of amides is 1. The molecule has 0 N–H and O–H groups in total. The number of pyridine rings is 1. The van der Waals surface area contributed by atoms with E-state index in [9.17, 15) is 13.2 Å². The Labute approximate surface area is 239 Å². The molecule has 1 aliphatic rings. The van der Waals surface area contributed by atoms with Crippen LogP contribution < -0.4 is 4.74 Å². The third-order valence-electron chi connectivity index (χ3n) is 7.60. The van der Waals surface area contributed by atoms with Crippen molar-refractivity contribution in [3.05, 3.63) is 108 Å². The fourth-order valence-electron chi connectivity index (χ4n) is 5.45. The van der Waals surface area contributed by atoms with Crippen LogP contribution in [0.25, 0.3) is 27.8 Å². The first kappa shape index (κ1) is 26.7. The van der Waals surface area contributed by atoms with Crippen molar-refractivity contribution >= 4 is 26.8 Å². The van der Waals surface area contributed by atoms with Crippen LogP contribution in [-0.2, 0) is 10.0 Å². The topological polar surface area (TPSA) is 84.7 Å². The van der Waals surface area contributed by atoms with Gasteiger partial charge in [-0.2, -0.15) is 4.31 Å². The maximum atomic E-state index is 13.9. The summed E-state index contributed by atoms with van der Waals surface area (Å²) < 4.78 is 36.2. The number of methoxy groups -OCH3 is 1. The van der Waals surface area contributed by atoms with Gasteiger partial charge in [0.25, 0.3) is 5.91 Å². The average molecular weight is 567 g/mol. The number of aromatic nitrogens is 2. The van der Waals surface area contributed by atoms with Gasteiger partial charge < -0.3 is 14.2 Å². The van der Waals surface area contributed by atoms with E-state index in [1.807, 2.05) is 79.7 Å². The molecule has 2 aromatic heterocycles. The summed E-state index contributed by atoms with van der Waals surface area (Å²) in [6, 6.07) is 28.4. The van der Waals surface area contributed by atoms with Crippen LogP contribution in [-0.4, -0.2) is 66.4 Å². The first-order valence-electron chi connectivity index (χ1n) is 13.4. The second-order valence-electron chi connectivity index (χ2n) is 9.96. The third kappa shape index (κ3) is 4.87. The van der Waals surface area contributed by atoms with Crippen molar-refractivity contribution in [3.63, 3.8) is 0 Å². The van der Waals surface area contributed by atoms with Crippen LogP contribution in [0.4, 0.5) is 0 Å². The molecule has 1 aliphatic heterocycles. The van der Waals surface area contributed by atoms with E-state index in [0.29, 0.717) is 24.2 Å². The molecule has 1 amide bonds. The van der Waals surface area contributed by atoms with Crippen molar-refractivity contribution in [1.82, 2.24) is 18.8 Å². The molecule has 0 atom stereocenters. The number of piperazine rings is 1.